The molecule has 0 aliphatic heterocycles. The summed E-state index contributed by atoms with van der Waals surface area (Å²) in [4.78, 5) is 34.0. The van der Waals surface area contributed by atoms with Gasteiger partial charge in [0.05, 0.1) is 25.0 Å². The van der Waals surface area contributed by atoms with E-state index in [-0.39, 0.29) is 23.4 Å². The van der Waals surface area contributed by atoms with Crippen LogP contribution in [0.15, 0.2) is 28.9 Å². The summed E-state index contributed by atoms with van der Waals surface area (Å²) < 4.78 is 10.7. The van der Waals surface area contributed by atoms with Gasteiger partial charge in [0, 0.05) is 20.0 Å². The van der Waals surface area contributed by atoms with E-state index in [0.29, 0.717) is 25.4 Å². The van der Waals surface area contributed by atoms with Gasteiger partial charge in [-0.1, -0.05) is 13.8 Å². The molecule has 0 atom stereocenters. The van der Waals surface area contributed by atoms with E-state index in [2.05, 4.69) is 28.7 Å². The number of aromatic nitrogens is 2. The molecule has 1 amide bonds. The molecule has 0 bridgehead atoms. The van der Waals surface area contributed by atoms with Crippen molar-refractivity contribution in [3.8, 4) is 17.3 Å². The lowest BCUT2D eigenvalue weighted by Crippen LogP contribution is -2.39. The molecule has 0 N–H and O–H groups in total. The number of carbonyl (C=O) groups excluding carboxylic acids is 1. The molecule has 0 saturated carbocycles. The third-order valence-corrected chi connectivity index (χ3v) is 4.28. The van der Waals surface area contributed by atoms with Crippen molar-refractivity contribution in [3.63, 3.8) is 0 Å². The first-order valence-corrected chi connectivity index (χ1v) is 9.11. The monoisotopic (exact) mass is 391 g/mol. The maximum atomic E-state index is 11.8. The van der Waals surface area contributed by atoms with Crippen molar-refractivity contribution in [3.05, 3.63) is 34.6 Å². The number of hydrogen-bond donors (Lipinski definition) is 0. The summed E-state index contributed by atoms with van der Waals surface area (Å²) in [5, 5.41) is 10.7. The Bertz CT molecular complexity index is 773. The maximum Gasteiger partial charge on any atom is 0.433 e. The predicted octanol–water partition coefficient (Wildman–Crippen LogP) is 2.21. The number of carbonyl (C=O) groups is 1. The molecule has 0 unspecified atom stereocenters. The fourth-order valence-corrected chi connectivity index (χ4v) is 2.57. The zero-order chi connectivity index (χ0) is 20.5. The van der Waals surface area contributed by atoms with E-state index in [4.69, 9.17) is 9.15 Å². The molecule has 0 radical (unpaired) electrons. The van der Waals surface area contributed by atoms with Crippen LogP contribution < -0.4 is 4.74 Å². The van der Waals surface area contributed by atoms with Gasteiger partial charge in [-0.3, -0.25) is 14.9 Å². The minimum Gasteiger partial charge on any atom is -0.489 e. The van der Waals surface area contributed by atoms with E-state index in [1.807, 2.05) is 0 Å². The van der Waals surface area contributed by atoms with Crippen LogP contribution in [0.1, 0.15) is 20.8 Å². The summed E-state index contributed by atoms with van der Waals surface area (Å²) >= 11 is 0. The highest BCUT2D eigenvalue weighted by atomic mass is 16.6. The van der Waals surface area contributed by atoms with Crippen LogP contribution in [0, 0.1) is 10.1 Å². The van der Waals surface area contributed by atoms with Crippen molar-refractivity contribution in [2.24, 2.45) is 0 Å². The average molecular weight is 391 g/mol. The van der Waals surface area contributed by atoms with Gasteiger partial charge in [0.1, 0.15) is 11.5 Å². The van der Waals surface area contributed by atoms with Crippen LogP contribution in [0.4, 0.5) is 5.88 Å². The number of amides is 1. The van der Waals surface area contributed by atoms with E-state index in [0.717, 1.165) is 19.6 Å². The summed E-state index contributed by atoms with van der Waals surface area (Å²) in [6.07, 6.45) is 2.93. The highest BCUT2D eigenvalue weighted by Crippen LogP contribution is 2.23. The third kappa shape index (κ3) is 6.02. The van der Waals surface area contributed by atoms with Gasteiger partial charge in [0.25, 0.3) is 0 Å². The lowest BCUT2D eigenvalue weighted by atomic mass is 10.4. The van der Waals surface area contributed by atoms with Crippen molar-refractivity contribution in [1.29, 1.82) is 0 Å². The van der Waals surface area contributed by atoms with E-state index in [1.54, 1.807) is 11.8 Å². The lowest BCUT2D eigenvalue weighted by Gasteiger charge is -2.25. The first-order chi connectivity index (χ1) is 13.4. The smallest absolute Gasteiger partial charge is 0.433 e. The van der Waals surface area contributed by atoms with Gasteiger partial charge in [-0.15, -0.1) is 0 Å². The predicted molar refractivity (Wildman–Crippen MR) is 102 cm³/mol. The maximum absolute atomic E-state index is 11.8. The molecule has 28 heavy (non-hydrogen) atoms. The number of ether oxygens (including phenoxy) is 1. The first-order valence-electron chi connectivity index (χ1n) is 9.11. The van der Waals surface area contributed by atoms with E-state index < -0.39 is 4.92 Å². The number of furan rings is 1. The number of nitrogens with zero attached hydrogens (tertiary/aromatic N) is 5. The van der Waals surface area contributed by atoms with Crippen LogP contribution in [-0.2, 0) is 4.79 Å². The molecule has 0 fully saturated rings. The van der Waals surface area contributed by atoms with Crippen molar-refractivity contribution >= 4 is 11.8 Å². The van der Waals surface area contributed by atoms with Crippen molar-refractivity contribution in [2.75, 3.05) is 39.3 Å². The van der Waals surface area contributed by atoms with Gasteiger partial charge in [-0.2, -0.15) is 0 Å². The quantitative estimate of drug-likeness (QED) is 0.423. The van der Waals surface area contributed by atoms with Crippen LogP contribution in [-0.4, -0.2) is 69.9 Å². The van der Waals surface area contributed by atoms with Gasteiger partial charge < -0.3 is 19.0 Å². The minimum absolute atomic E-state index is 0.00164. The Kier molecular flexibility index (Phi) is 7.88. The largest absolute Gasteiger partial charge is 0.489 e. The standard InChI is InChI=1S/C18H25N5O5/c1-4-21(5-2)8-9-22(14(3)24)10-11-27-15-12-19-18(20-13-15)16-6-7-17(28-16)23(25)26/h6-7,12-13H,4-5,8-11H2,1-3H3. The zero-order valence-corrected chi connectivity index (χ0v) is 16.3. The normalized spacial score (nSPS) is 10.9. The van der Waals surface area contributed by atoms with Crippen molar-refractivity contribution in [2.45, 2.75) is 20.8 Å². The Morgan fingerprint density at radius 1 is 1.18 bits per heavy atom. The van der Waals surface area contributed by atoms with Crippen LogP contribution in [0.3, 0.4) is 0 Å². The number of likely N-dealkylation sites (N-methyl/N-ethyl adjacent to an activating group) is 1. The molecule has 0 aliphatic rings. The molecule has 0 aliphatic carbocycles. The molecule has 152 valence electrons. The molecule has 10 nitrogen and oxygen atoms in total. The Hall–Kier alpha value is -3.01. The summed E-state index contributed by atoms with van der Waals surface area (Å²) in [5.74, 6) is 0.509. The summed E-state index contributed by atoms with van der Waals surface area (Å²) in [5.41, 5.74) is 0. The number of hydrogen-bond acceptors (Lipinski definition) is 8. The lowest BCUT2D eigenvalue weighted by molar-refractivity contribution is -0.401. The SMILES string of the molecule is CCN(CC)CCN(CCOc1cnc(-c2ccc([N+](=O)[O-])o2)nc1)C(C)=O. The van der Waals surface area contributed by atoms with Crippen LogP contribution in [0.25, 0.3) is 11.6 Å². The van der Waals surface area contributed by atoms with Crippen LogP contribution in [0.5, 0.6) is 5.75 Å². The molecule has 0 spiro atoms. The van der Waals surface area contributed by atoms with E-state index >= 15 is 0 Å². The van der Waals surface area contributed by atoms with Gasteiger partial charge in [-0.05, 0) is 19.2 Å². The summed E-state index contributed by atoms with van der Waals surface area (Å²) in [6.45, 7) is 9.86. The second kappa shape index (κ2) is 10.4. The molecule has 10 heteroatoms. The Morgan fingerprint density at radius 3 is 2.39 bits per heavy atom. The van der Waals surface area contributed by atoms with Gasteiger partial charge in [0.2, 0.25) is 5.91 Å². The highest BCUT2D eigenvalue weighted by molar-refractivity contribution is 5.73. The molecule has 2 heterocycles. The topological polar surface area (TPSA) is 115 Å². The Balaban J connectivity index is 1.85. The van der Waals surface area contributed by atoms with Gasteiger partial charge in [0.15, 0.2) is 17.3 Å². The summed E-state index contributed by atoms with van der Waals surface area (Å²) in [6, 6.07) is 2.69. The first kappa shape index (κ1) is 21.3. The number of rotatable bonds is 11. The molecular formula is C18H25N5O5. The highest BCUT2D eigenvalue weighted by Gasteiger charge is 2.15. The van der Waals surface area contributed by atoms with Crippen LogP contribution in [0.2, 0.25) is 0 Å². The molecule has 0 aromatic carbocycles. The molecule has 0 saturated heterocycles. The molecule has 2 rings (SSSR count). The van der Waals surface area contributed by atoms with Crippen molar-refractivity contribution in [1.82, 2.24) is 19.8 Å². The summed E-state index contributed by atoms with van der Waals surface area (Å²) in [7, 11) is 0. The van der Waals surface area contributed by atoms with Gasteiger partial charge in [-0.25, -0.2) is 9.97 Å². The fraction of sp³-hybridized carbons (Fsp3) is 0.500. The van der Waals surface area contributed by atoms with E-state index in [9.17, 15) is 14.9 Å². The Morgan fingerprint density at radius 2 is 1.86 bits per heavy atom. The molecule has 2 aromatic rings. The van der Waals surface area contributed by atoms with Gasteiger partial charge >= 0.3 is 5.88 Å². The second-order valence-electron chi connectivity index (χ2n) is 6.02. The van der Waals surface area contributed by atoms with Crippen LogP contribution >= 0.6 is 0 Å². The zero-order valence-electron chi connectivity index (χ0n) is 16.3. The molecular weight excluding hydrogens is 366 g/mol. The fourth-order valence-electron chi connectivity index (χ4n) is 2.57. The van der Waals surface area contributed by atoms with Crippen molar-refractivity contribution < 1.29 is 18.9 Å². The average Bonchev–Trinajstić information content (AvgIpc) is 3.18. The second-order valence-corrected chi connectivity index (χ2v) is 6.02. The molecule has 2 aromatic heterocycles. The van der Waals surface area contributed by atoms with E-state index in [1.165, 1.54) is 24.5 Å². The minimum atomic E-state index is -0.623. The third-order valence-electron chi connectivity index (χ3n) is 4.28. The number of nitro groups is 1. The Labute approximate surface area is 163 Å².